The van der Waals surface area contributed by atoms with Crippen molar-refractivity contribution in [2.24, 2.45) is 0 Å². The Labute approximate surface area is 139 Å². The molecule has 126 valence electrons. The third kappa shape index (κ3) is 4.45. The number of hydrogen-bond donors (Lipinski definition) is 0. The SMILES string of the molecule is CCCCOC(=O)c1ccc(N2CC(S(=O)(=O)Cl)CC2=O)cc1. The van der Waals surface area contributed by atoms with Crippen molar-refractivity contribution in [3.05, 3.63) is 29.8 Å². The number of carbonyl (C=O) groups is 2. The van der Waals surface area contributed by atoms with E-state index in [1.54, 1.807) is 24.3 Å². The highest BCUT2D eigenvalue weighted by Crippen LogP contribution is 2.27. The number of esters is 1. The lowest BCUT2D eigenvalue weighted by atomic mass is 10.2. The molecule has 0 saturated carbocycles. The van der Waals surface area contributed by atoms with E-state index in [1.807, 2.05) is 6.92 Å². The van der Waals surface area contributed by atoms with Crippen molar-refractivity contribution in [2.45, 2.75) is 31.4 Å². The van der Waals surface area contributed by atoms with Crippen LogP contribution in [0.3, 0.4) is 0 Å². The maximum absolute atomic E-state index is 11.9. The summed E-state index contributed by atoms with van der Waals surface area (Å²) in [4.78, 5) is 25.1. The molecular formula is C15H18ClNO5S. The van der Waals surface area contributed by atoms with Gasteiger partial charge < -0.3 is 9.64 Å². The summed E-state index contributed by atoms with van der Waals surface area (Å²) in [7, 11) is 1.54. The highest BCUT2D eigenvalue weighted by Gasteiger charge is 2.37. The predicted molar refractivity (Wildman–Crippen MR) is 87.2 cm³/mol. The van der Waals surface area contributed by atoms with Crippen LogP contribution in [0.4, 0.5) is 5.69 Å². The van der Waals surface area contributed by atoms with E-state index < -0.39 is 20.3 Å². The van der Waals surface area contributed by atoms with E-state index in [0.29, 0.717) is 17.9 Å². The van der Waals surface area contributed by atoms with Crippen molar-refractivity contribution in [3.63, 3.8) is 0 Å². The molecule has 0 bridgehead atoms. The molecule has 2 rings (SSSR count). The largest absolute Gasteiger partial charge is 0.462 e. The number of carbonyl (C=O) groups excluding carboxylic acids is 2. The topological polar surface area (TPSA) is 80.8 Å². The zero-order valence-corrected chi connectivity index (χ0v) is 14.3. The number of amides is 1. The predicted octanol–water partition coefficient (Wildman–Crippen LogP) is 2.32. The minimum atomic E-state index is -3.78. The summed E-state index contributed by atoms with van der Waals surface area (Å²) >= 11 is 0. The second-order valence-corrected chi connectivity index (χ2v) is 8.25. The summed E-state index contributed by atoms with van der Waals surface area (Å²) < 4.78 is 27.8. The molecule has 0 spiro atoms. The van der Waals surface area contributed by atoms with Gasteiger partial charge in [0.25, 0.3) is 0 Å². The molecule has 0 N–H and O–H groups in total. The maximum atomic E-state index is 11.9. The summed E-state index contributed by atoms with van der Waals surface area (Å²) in [6.07, 6.45) is 1.61. The summed E-state index contributed by atoms with van der Waals surface area (Å²) in [6.45, 7) is 2.39. The van der Waals surface area contributed by atoms with Gasteiger partial charge in [0.05, 0.1) is 12.2 Å². The third-order valence-corrected chi connectivity index (χ3v) is 5.50. The van der Waals surface area contributed by atoms with Crippen LogP contribution in [0.5, 0.6) is 0 Å². The van der Waals surface area contributed by atoms with Gasteiger partial charge in [0.1, 0.15) is 5.25 Å². The number of hydrogen-bond acceptors (Lipinski definition) is 5. The highest BCUT2D eigenvalue weighted by molar-refractivity contribution is 8.14. The van der Waals surface area contributed by atoms with Gasteiger partial charge in [-0.2, -0.15) is 0 Å². The van der Waals surface area contributed by atoms with Gasteiger partial charge in [0.2, 0.25) is 15.0 Å². The standard InChI is InChI=1S/C15H18ClNO5S/c1-2-3-8-22-15(19)11-4-6-12(7-5-11)17-10-13(9-14(17)18)23(16,20)21/h4-7,13H,2-3,8-10H2,1H3. The van der Waals surface area contributed by atoms with Gasteiger partial charge in [-0.3, -0.25) is 4.79 Å². The number of unbranched alkanes of at least 4 members (excludes halogenated alkanes) is 1. The molecular weight excluding hydrogens is 342 g/mol. The van der Waals surface area contributed by atoms with Crippen molar-refractivity contribution in [1.82, 2.24) is 0 Å². The second kappa shape index (κ2) is 7.31. The van der Waals surface area contributed by atoms with Crippen LogP contribution in [-0.2, 0) is 18.6 Å². The quantitative estimate of drug-likeness (QED) is 0.442. The first-order valence-corrected chi connectivity index (χ1v) is 9.71. The average molecular weight is 360 g/mol. The number of nitrogens with zero attached hydrogens (tertiary/aromatic N) is 1. The van der Waals surface area contributed by atoms with Gasteiger partial charge in [-0.1, -0.05) is 13.3 Å². The van der Waals surface area contributed by atoms with E-state index in [4.69, 9.17) is 15.4 Å². The van der Waals surface area contributed by atoms with Crippen molar-refractivity contribution in [2.75, 3.05) is 18.1 Å². The van der Waals surface area contributed by atoms with E-state index in [-0.39, 0.29) is 18.9 Å². The first-order chi connectivity index (χ1) is 10.8. The molecule has 1 heterocycles. The summed E-state index contributed by atoms with van der Waals surface area (Å²) in [6, 6.07) is 6.30. The lowest BCUT2D eigenvalue weighted by Crippen LogP contribution is -2.26. The molecule has 1 aromatic carbocycles. The molecule has 1 amide bonds. The molecule has 0 aliphatic carbocycles. The molecule has 8 heteroatoms. The van der Waals surface area contributed by atoms with Crippen LogP contribution in [-0.4, -0.2) is 38.7 Å². The number of ether oxygens (including phenoxy) is 1. The number of anilines is 1. The Bertz CT molecular complexity index is 686. The van der Waals surface area contributed by atoms with E-state index in [1.165, 1.54) is 4.90 Å². The number of rotatable bonds is 6. The Hall–Kier alpha value is -1.60. The Morgan fingerprint density at radius 1 is 1.35 bits per heavy atom. The fraction of sp³-hybridized carbons (Fsp3) is 0.467. The van der Waals surface area contributed by atoms with Crippen molar-refractivity contribution in [3.8, 4) is 0 Å². The highest BCUT2D eigenvalue weighted by atomic mass is 35.7. The second-order valence-electron chi connectivity index (χ2n) is 5.34. The molecule has 1 aliphatic rings. The molecule has 6 nitrogen and oxygen atoms in total. The van der Waals surface area contributed by atoms with Gasteiger partial charge in [0, 0.05) is 29.3 Å². The zero-order chi connectivity index (χ0) is 17.0. The van der Waals surface area contributed by atoms with E-state index in [0.717, 1.165) is 12.8 Å². The van der Waals surface area contributed by atoms with Gasteiger partial charge >= 0.3 is 5.97 Å². The average Bonchev–Trinajstić information content (AvgIpc) is 2.90. The Kier molecular flexibility index (Phi) is 5.64. The number of halogens is 1. The van der Waals surface area contributed by atoms with Crippen LogP contribution in [0.15, 0.2) is 24.3 Å². The molecule has 1 unspecified atom stereocenters. The first-order valence-electron chi connectivity index (χ1n) is 7.34. The van der Waals surface area contributed by atoms with Crippen LogP contribution >= 0.6 is 10.7 Å². The van der Waals surface area contributed by atoms with Crippen molar-refractivity contribution >= 4 is 37.3 Å². The molecule has 1 fully saturated rings. The molecule has 0 radical (unpaired) electrons. The van der Waals surface area contributed by atoms with Gasteiger partial charge in [-0.25, -0.2) is 13.2 Å². The fourth-order valence-electron chi connectivity index (χ4n) is 2.28. The summed E-state index contributed by atoms with van der Waals surface area (Å²) in [5.41, 5.74) is 0.918. The minimum absolute atomic E-state index is 0.0188. The number of benzene rings is 1. The molecule has 1 atom stereocenters. The van der Waals surface area contributed by atoms with Crippen LogP contribution < -0.4 is 4.90 Å². The van der Waals surface area contributed by atoms with Crippen LogP contribution in [0.25, 0.3) is 0 Å². The third-order valence-electron chi connectivity index (χ3n) is 3.63. The molecule has 1 aromatic rings. The molecule has 1 saturated heterocycles. The zero-order valence-electron chi connectivity index (χ0n) is 12.7. The fourth-order valence-corrected chi connectivity index (χ4v) is 3.31. The first kappa shape index (κ1) is 17.7. The molecule has 23 heavy (non-hydrogen) atoms. The monoisotopic (exact) mass is 359 g/mol. The van der Waals surface area contributed by atoms with Gasteiger partial charge in [-0.15, -0.1) is 0 Å². The smallest absolute Gasteiger partial charge is 0.338 e. The van der Waals surface area contributed by atoms with Crippen molar-refractivity contribution < 1.29 is 22.7 Å². The van der Waals surface area contributed by atoms with Crippen LogP contribution in [0.1, 0.15) is 36.5 Å². The Morgan fingerprint density at radius 3 is 2.52 bits per heavy atom. The summed E-state index contributed by atoms with van der Waals surface area (Å²) in [5, 5.41) is -0.907. The normalized spacial score (nSPS) is 18.3. The Balaban J connectivity index is 2.05. The van der Waals surface area contributed by atoms with E-state index in [9.17, 15) is 18.0 Å². The van der Waals surface area contributed by atoms with Crippen LogP contribution in [0.2, 0.25) is 0 Å². The van der Waals surface area contributed by atoms with E-state index in [2.05, 4.69) is 0 Å². The summed E-state index contributed by atoms with van der Waals surface area (Å²) in [5.74, 6) is -0.726. The van der Waals surface area contributed by atoms with Gasteiger partial charge in [0.15, 0.2) is 0 Å². The van der Waals surface area contributed by atoms with Crippen LogP contribution in [0, 0.1) is 0 Å². The molecule has 0 aromatic heterocycles. The minimum Gasteiger partial charge on any atom is -0.462 e. The lowest BCUT2D eigenvalue weighted by Gasteiger charge is -2.16. The Morgan fingerprint density at radius 2 is 2.00 bits per heavy atom. The molecule has 1 aliphatic heterocycles. The van der Waals surface area contributed by atoms with E-state index >= 15 is 0 Å². The van der Waals surface area contributed by atoms with Gasteiger partial charge in [-0.05, 0) is 30.7 Å². The maximum Gasteiger partial charge on any atom is 0.338 e. The lowest BCUT2D eigenvalue weighted by molar-refractivity contribution is -0.117. The van der Waals surface area contributed by atoms with Crippen molar-refractivity contribution in [1.29, 1.82) is 0 Å².